The second-order valence-electron chi connectivity index (χ2n) is 7.17. The Kier molecular flexibility index (Phi) is 4.31. The molecule has 0 bridgehead atoms. The van der Waals surface area contributed by atoms with Crippen molar-refractivity contribution in [1.29, 1.82) is 0 Å². The van der Waals surface area contributed by atoms with E-state index in [4.69, 9.17) is 4.98 Å². The van der Waals surface area contributed by atoms with Crippen LogP contribution in [0.15, 0.2) is 18.3 Å². The molecule has 2 aromatic rings. The quantitative estimate of drug-likeness (QED) is 0.945. The highest BCUT2D eigenvalue weighted by atomic mass is 15.2. The Bertz CT molecular complexity index is 658. The molecule has 0 amide bonds. The summed E-state index contributed by atoms with van der Waals surface area (Å²) in [5, 5.41) is 3.67. The minimum Gasteiger partial charge on any atom is -0.312 e. The second kappa shape index (κ2) is 6.57. The molecule has 5 heteroatoms. The van der Waals surface area contributed by atoms with Crippen molar-refractivity contribution < 1.29 is 0 Å². The lowest BCUT2D eigenvalue weighted by Gasteiger charge is -2.31. The highest BCUT2D eigenvalue weighted by Gasteiger charge is 2.26. The molecule has 2 saturated heterocycles. The first-order valence-corrected chi connectivity index (χ1v) is 9.04. The Balaban J connectivity index is 1.68. The first-order chi connectivity index (χ1) is 11.3. The number of likely N-dealkylation sites (N-methyl/N-ethyl adjacent to an activating group) is 1. The lowest BCUT2D eigenvalue weighted by molar-refractivity contribution is 0.241. The Hall–Kier alpha value is -1.46. The van der Waals surface area contributed by atoms with Gasteiger partial charge < -0.3 is 14.8 Å². The van der Waals surface area contributed by atoms with Gasteiger partial charge in [-0.2, -0.15) is 0 Å². The van der Waals surface area contributed by atoms with E-state index in [1.165, 1.54) is 44.5 Å². The first-order valence-electron chi connectivity index (χ1n) is 9.04. The molecule has 0 aromatic carbocycles. The molecule has 5 nitrogen and oxygen atoms in total. The van der Waals surface area contributed by atoms with E-state index in [0.717, 1.165) is 30.8 Å². The van der Waals surface area contributed by atoms with Crippen molar-refractivity contribution in [3.8, 4) is 0 Å². The number of hydrogen-bond donors (Lipinski definition) is 1. The number of piperidine rings is 2. The van der Waals surface area contributed by atoms with Gasteiger partial charge in [-0.15, -0.1) is 0 Å². The van der Waals surface area contributed by atoms with Crippen molar-refractivity contribution in [2.75, 3.05) is 26.7 Å². The van der Waals surface area contributed by atoms with E-state index >= 15 is 0 Å². The molecular formula is C18H27N5. The normalized spacial score (nSPS) is 26.7. The van der Waals surface area contributed by atoms with E-state index in [2.05, 4.69) is 32.9 Å². The van der Waals surface area contributed by atoms with Crippen LogP contribution in [-0.2, 0) is 6.54 Å². The fraction of sp³-hybridized carbons (Fsp3) is 0.667. The third-order valence-corrected chi connectivity index (χ3v) is 5.34. The van der Waals surface area contributed by atoms with Crippen LogP contribution in [0.1, 0.15) is 43.8 Å². The predicted octanol–water partition coefficient (Wildman–Crippen LogP) is 2.38. The summed E-state index contributed by atoms with van der Waals surface area (Å²) in [6, 6.07) is 4.65. The molecule has 0 radical (unpaired) electrons. The summed E-state index contributed by atoms with van der Waals surface area (Å²) < 4.78 is 2.40. The SMILES string of the molecule is CN1CCCC(c2nc3cccnc3n2CC2CCCCN2)C1. The Morgan fingerprint density at radius 1 is 1.26 bits per heavy atom. The summed E-state index contributed by atoms with van der Waals surface area (Å²) in [6.07, 6.45) is 8.30. The van der Waals surface area contributed by atoms with E-state index < -0.39 is 0 Å². The maximum absolute atomic E-state index is 4.98. The molecule has 2 aromatic heterocycles. The van der Waals surface area contributed by atoms with Crippen LogP contribution in [0, 0.1) is 0 Å². The van der Waals surface area contributed by atoms with Crippen LogP contribution in [0.3, 0.4) is 0 Å². The van der Waals surface area contributed by atoms with Gasteiger partial charge in [-0.05, 0) is 58.0 Å². The van der Waals surface area contributed by atoms with Gasteiger partial charge in [-0.3, -0.25) is 0 Å². The first kappa shape index (κ1) is 15.1. The van der Waals surface area contributed by atoms with E-state index in [-0.39, 0.29) is 0 Å². The molecule has 4 rings (SSSR count). The number of rotatable bonds is 3. The fourth-order valence-corrected chi connectivity index (χ4v) is 4.15. The lowest BCUT2D eigenvalue weighted by Crippen LogP contribution is -2.38. The van der Waals surface area contributed by atoms with Gasteiger partial charge in [0, 0.05) is 31.2 Å². The smallest absolute Gasteiger partial charge is 0.160 e. The lowest BCUT2D eigenvalue weighted by atomic mass is 9.97. The van der Waals surface area contributed by atoms with Gasteiger partial charge in [0.15, 0.2) is 5.65 Å². The zero-order valence-electron chi connectivity index (χ0n) is 14.0. The van der Waals surface area contributed by atoms with Gasteiger partial charge in [-0.25, -0.2) is 9.97 Å². The van der Waals surface area contributed by atoms with Gasteiger partial charge in [0.05, 0.1) is 0 Å². The molecule has 0 aliphatic carbocycles. The molecule has 2 unspecified atom stereocenters. The van der Waals surface area contributed by atoms with Gasteiger partial charge in [0.2, 0.25) is 0 Å². The summed E-state index contributed by atoms with van der Waals surface area (Å²) in [7, 11) is 2.22. The Morgan fingerprint density at radius 2 is 2.22 bits per heavy atom. The molecule has 0 spiro atoms. The molecule has 2 atom stereocenters. The number of likely N-dealkylation sites (tertiary alicyclic amines) is 1. The van der Waals surface area contributed by atoms with Crippen molar-refractivity contribution in [2.45, 2.75) is 50.6 Å². The summed E-state index contributed by atoms with van der Waals surface area (Å²) >= 11 is 0. The van der Waals surface area contributed by atoms with Crippen molar-refractivity contribution >= 4 is 11.2 Å². The maximum Gasteiger partial charge on any atom is 0.160 e. The summed E-state index contributed by atoms with van der Waals surface area (Å²) in [4.78, 5) is 12.1. The molecule has 2 fully saturated rings. The van der Waals surface area contributed by atoms with E-state index in [0.29, 0.717) is 12.0 Å². The predicted molar refractivity (Wildman–Crippen MR) is 92.6 cm³/mol. The molecule has 0 saturated carbocycles. The highest BCUT2D eigenvalue weighted by Crippen LogP contribution is 2.28. The van der Waals surface area contributed by atoms with Gasteiger partial charge in [0.1, 0.15) is 11.3 Å². The fourth-order valence-electron chi connectivity index (χ4n) is 4.15. The third-order valence-electron chi connectivity index (χ3n) is 5.34. The number of pyridine rings is 1. The molecule has 4 heterocycles. The van der Waals surface area contributed by atoms with Crippen LogP contribution >= 0.6 is 0 Å². The topological polar surface area (TPSA) is 46.0 Å². The van der Waals surface area contributed by atoms with E-state index in [9.17, 15) is 0 Å². The monoisotopic (exact) mass is 313 g/mol. The molecule has 2 aliphatic rings. The number of nitrogens with zero attached hydrogens (tertiary/aromatic N) is 4. The highest BCUT2D eigenvalue weighted by molar-refractivity contribution is 5.71. The Labute approximate surface area is 138 Å². The number of nitrogens with one attached hydrogen (secondary N) is 1. The van der Waals surface area contributed by atoms with Crippen LogP contribution < -0.4 is 5.32 Å². The molecule has 23 heavy (non-hydrogen) atoms. The van der Waals surface area contributed by atoms with Crippen LogP contribution in [-0.4, -0.2) is 52.2 Å². The zero-order valence-corrected chi connectivity index (χ0v) is 14.0. The van der Waals surface area contributed by atoms with Crippen molar-refractivity contribution in [3.63, 3.8) is 0 Å². The average molecular weight is 313 g/mol. The van der Waals surface area contributed by atoms with Gasteiger partial charge in [0.25, 0.3) is 0 Å². The number of fused-ring (bicyclic) bond motifs is 1. The van der Waals surface area contributed by atoms with Crippen LogP contribution in [0.5, 0.6) is 0 Å². The maximum atomic E-state index is 4.98. The average Bonchev–Trinajstić information content (AvgIpc) is 2.95. The van der Waals surface area contributed by atoms with Crippen LogP contribution in [0.4, 0.5) is 0 Å². The van der Waals surface area contributed by atoms with Crippen LogP contribution in [0.2, 0.25) is 0 Å². The standard InChI is InChI=1S/C18H27N5/c1-22-11-5-6-14(12-22)17-21-16-8-4-10-20-18(16)23(17)13-15-7-2-3-9-19-15/h4,8,10,14-15,19H,2-3,5-7,9,11-13H2,1H3. The minimum absolute atomic E-state index is 0.534. The molecule has 2 aliphatic heterocycles. The van der Waals surface area contributed by atoms with E-state index in [1.54, 1.807) is 0 Å². The van der Waals surface area contributed by atoms with Crippen LogP contribution in [0.25, 0.3) is 11.2 Å². The molecular weight excluding hydrogens is 286 g/mol. The number of aromatic nitrogens is 3. The summed E-state index contributed by atoms with van der Waals surface area (Å²) in [5.74, 6) is 1.78. The summed E-state index contributed by atoms with van der Waals surface area (Å²) in [6.45, 7) is 4.47. The summed E-state index contributed by atoms with van der Waals surface area (Å²) in [5.41, 5.74) is 2.11. The minimum atomic E-state index is 0.534. The van der Waals surface area contributed by atoms with Crippen molar-refractivity contribution in [3.05, 3.63) is 24.2 Å². The number of hydrogen-bond acceptors (Lipinski definition) is 4. The largest absolute Gasteiger partial charge is 0.312 e. The number of imidazole rings is 1. The van der Waals surface area contributed by atoms with Crippen molar-refractivity contribution in [2.24, 2.45) is 0 Å². The van der Waals surface area contributed by atoms with Gasteiger partial charge in [-0.1, -0.05) is 6.42 Å². The zero-order chi connectivity index (χ0) is 15.6. The van der Waals surface area contributed by atoms with Crippen molar-refractivity contribution in [1.82, 2.24) is 24.8 Å². The second-order valence-corrected chi connectivity index (χ2v) is 7.17. The Morgan fingerprint density at radius 3 is 3.04 bits per heavy atom. The molecule has 124 valence electrons. The third kappa shape index (κ3) is 3.12. The van der Waals surface area contributed by atoms with Gasteiger partial charge >= 0.3 is 0 Å². The molecule has 1 N–H and O–H groups in total. The van der Waals surface area contributed by atoms with E-state index in [1.807, 2.05) is 12.3 Å².